The van der Waals surface area contributed by atoms with Gasteiger partial charge in [-0.1, -0.05) is 38.3 Å². The van der Waals surface area contributed by atoms with Crippen molar-refractivity contribution < 1.29 is 14.3 Å². The minimum atomic E-state index is -0.293. The Bertz CT molecular complexity index is 491. The van der Waals surface area contributed by atoms with Gasteiger partial charge in [0.05, 0.1) is 19.1 Å². The highest BCUT2D eigenvalue weighted by atomic mass is 79.9. The number of ether oxygens (including phenoxy) is 1. The number of benzene rings is 1. The standard InChI is InChI=1S/C17H24BrNO3/c1-3-4-5-8-12-19(13-11-16(20)22-2)17(21)14-9-6-7-10-15(14)18/h6-7,9-10H,3-5,8,11-13H2,1-2H3. The third kappa shape index (κ3) is 6.18. The van der Waals surface area contributed by atoms with Gasteiger partial charge in [0, 0.05) is 17.6 Å². The number of methoxy groups -OCH3 is 1. The zero-order chi connectivity index (χ0) is 16.4. The summed E-state index contributed by atoms with van der Waals surface area (Å²) < 4.78 is 5.44. The Labute approximate surface area is 141 Å². The monoisotopic (exact) mass is 369 g/mol. The molecule has 22 heavy (non-hydrogen) atoms. The van der Waals surface area contributed by atoms with Crippen LogP contribution in [0.25, 0.3) is 0 Å². The molecule has 0 aliphatic carbocycles. The molecule has 1 aromatic carbocycles. The van der Waals surface area contributed by atoms with Crippen LogP contribution in [-0.4, -0.2) is 37.0 Å². The fraction of sp³-hybridized carbons (Fsp3) is 0.529. The molecule has 122 valence electrons. The van der Waals surface area contributed by atoms with Gasteiger partial charge in [0.2, 0.25) is 0 Å². The summed E-state index contributed by atoms with van der Waals surface area (Å²) in [7, 11) is 1.36. The fourth-order valence-electron chi connectivity index (χ4n) is 2.18. The number of hydrogen-bond acceptors (Lipinski definition) is 3. The van der Waals surface area contributed by atoms with E-state index in [4.69, 9.17) is 0 Å². The van der Waals surface area contributed by atoms with Crippen molar-refractivity contribution in [3.8, 4) is 0 Å². The van der Waals surface area contributed by atoms with Crippen molar-refractivity contribution in [1.82, 2.24) is 4.90 Å². The van der Waals surface area contributed by atoms with E-state index < -0.39 is 0 Å². The van der Waals surface area contributed by atoms with E-state index in [-0.39, 0.29) is 18.3 Å². The van der Waals surface area contributed by atoms with E-state index in [0.717, 1.165) is 30.2 Å². The zero-order valence-corrected chi connectivity index (χ0v) is 14.9. The Morgan fingerprint density at radius 2 is 1.86 bits per heavy atom. The predicted molar refractivity (Wildman–Crippen MR) is 90.8 cm³/mol. The van der Waals surface area contributed by atoms with Crippen LogP contribution in [0.5, 0.6) is 0 Å². The molecule has 1 rings (SSSR count). The molecule has 0 unspecified atom stereocenters. The number of amides is 1. The van der Waals surface area contributed by atoms with Gasteiger partial charge in [-0.15, -0.1) is 0 Å². The summed E-state index contributed by atoms with van der Waals surface area (Å²) >= 11 is 3.41. The average molecular weight is 370 g/mol. The van der Waals surface area contributed by atoms with Crippen LogP contribution in [-0.2, 0) is 9.53 Å². The average Bonchev–Trinajstić information content (AvgIpc) is 2.53. The number of esters is 1. The van der Waals surface area contributed by atoms with Crippen LogP contribution in [0.2, 0.25) is 0 Å². The SMILES string of the molecule is CCCCCCN(CCC(=O)OC)C(=O)c1ccccc1Br. The predicted octanol–water partition coefficient (Wildman–Crippen LogP) is 4.03. The second-order valence-corrected chi connectivity index (χ2v) is 6.01. The molecule has 4 nitrogen and oxygen atoms in total. The number of nitrogens with zero attached hydrogens (tertiary/aromatic N) is 1. The van der Waals surface area contributed by atoms with Crippen molar-refractivity contribution in [3.63, 3.8) is 0 Å². The summed E-state index contributed by atoms with van der Waals surface area (Å²) in [6.45, 7) is 3.21. The Hall–Kier alpha value is -1.36. The highest BCUT2D eigenvalue weighted by Gasteiger charge is 2.18. The highest BCUT2D eigenvalue weighted by Crippen LogP contribution is 2.18. The molecule has 0 spiro atoms. The summed E-state index contributed by atoms with van der Waals surface area (Å²) in [5.41, 5.74) is 0.628. The maximum absolute atomic E-state index is 12.7. The van der Waals surface area contributed by atoms with Crippen LogP contribution in [0.4, 0.5) is 0 Å². The summed E-state index contributed by atoms with van der Waals surface area (Å²) in [6, 6.07) is 7.36. The van der Waals surface area contributed by atoms with Gasteiger partial charge in [-0.3, -0.25) is 9.59 Å². The number of carbonyl (C=O) groups excluding carboxylic acids is 2. The lowest BCUT2D eigenvalue weighted by atomic mass is 10.1. The molecule has 0 aromatic heterocycles. The molecule has 1 amide bonds. The van der Waals surface area contributed by atoms with Crippen molar-refractivity contribution in [1.29, 1.82) is 0 Å². The smallest absolute Gasteiger partial charge is 0.307 e. The third-order valence-electron chi connectivity index (χ3n) is 3.49. The van der Waals surface area contributed by atoms with E-state index in [2.05, 4.69) is 27.6 Å². The molecule has 0 aliphatic heterocycles. The van der Waals surface area contributed by atoms with Crippen LogP contribution < -0.4 is 0 Å². The lowest BCUT2D eigenvalue weighted by Crippen LogP contribution is -2.34. The first kappa shape index (κ1) is 18.7. The van der Waals surface area contributed by atoms with Crippen LogP contribution in [0, 0.1) is 0 Å². The van der Waals surface area contributed by atoms with Gasteiger partial charge in [-0.25, -0.2) is 0 Å². The number of unbranched alkanes of at least 4 members (excludes halogenated alkanes) is 3. The minimum Gasteiger partial charge on any atom is -0.469 e. The van der Waals surface area contributed by atoms with E-state index in [1.807, 2.05) is 18.2 Å². The largest absolute Gasteiger partial charge is 0.469 e. The molecule has 0 radical (unpaired) electrons. The summed E-state index contributed by atoms with van der Waals surface area (Å²) in [6.07, 6.45) is 4.58. The number of carbonyl (C=O) groups is 2. The van der Waals surface area contributed by atoms with E-state index in [0.29, 0.717) is 18.7 Å². The fourth-order valence-corrected chi connectivity index (χ4v) is 2.63. The second kappa shape index (κ2) is 10.4. The first-order chi connectivity index (χ1) is 10.6. The molecule has 0 aliphatic rings. The molecule has 0 fully saturated rings. The highest BCUT2D eigenvalue weighted by molar-refractivity contribution is 9.10. The quantitative estimate of drug-likeness (QED) is 0.487. The van der Waals surface area contributed by atoms with E-state index >= 15 is 0 Å². The van der Waals surface area contributed by atoms with Gasteiger partial charge in [0.15, 0.2) is 0 Å². The molecule has 0 N–H and O–H groups in total. The number of hydrogen-bond donors (Lipinski definition) is 0. The van der Waals surface area contributed by atoms with Gasteiger partial charge in [0.25, 0.3) is 5.91 Å². The molecule has 1 aromatic rings. The van der Waals surface area contributed by atoms with Crippen molar-refractivity contribution >= 4 is 27.8 Å². The van der Waals surface area contributed by atoms with E-state index in [9.17, 15) is 9.59 Å². The zero-order valence-electron chi connectivity index (χ0n) is 13.3. The maximum atomic E-state index is 12.7. The lowest BCUT2D eigenvalue weighted by Gasteiger charge is -2.23. The van der Waals surface area contributed by atoms with Crippen LogP contribution in [0.3, 0.4) is 0 Å². The Balaban J connectivity index is 2.72. The van der Waals surface area contributed by atoms with E-state index in [1.165, 1.54) is 7.11 Å². The van der Waals surface area contributed by atoms with Crippen molar-refractivity contribution in [2.75, 3.05) is 20.2 Å². The lowest BCUT2D eigenvalue weighted by molar-refractivity contribution is -0.140. The molecular formula is C17H24BrNO3. The first-order valence-corrected chi connectivity index (χ1v) is 8.50. The van der Waals surface area contributed by atoms with Crippen LogP contribution in [0.15, 0.2) is 28.7 Å². The van der Waals surface area contributed by atoms with Gasteiger partial charge >= 0.3 is 5.97 Å². The maximum Gasteiger partial charge on any atom is 0.307 e. The summed E-state index contributed by atoms with van der Waals surface area (Å²) in [5.74, 6) is -0.341. The van der Waals surface area contributed by atoms with E-state index in [1.54, 1.807) is 11.0 Å². The van der Waals surface area contributed by atoms with Gasteiger partial charge in [-0.05, 0) is 34.5 Å². The Morgan fingerprint density at radius 1 is 1.14 bits per heavy atom. The topological polar surface area (TPSA) is 46.6 Å². The molecule has 0 heterocycles. The summed E-state index contributed by atoms with van der Waals surface area (Å²) in [5, 5.41) is 0. The molecule has 0 atom stereocenters. The van der Waals surface area contributed by atoms with Crippen molar-refractivity contribution in [2.45, 2.75) is 39.0 Å². The van der Waals surface area contributed by atoms with Gasteiger partial charge in [-0.2, -0.15) is 0 Å². The van der Waals surface area contributed by atoms with Crippen molar-refractivity contribution in [3.05, 3.63) is 34.3 Å². The molecule has 0 saturated heterocycles. The minimum absolute atomic E-state index is 0.0483. The third-order valence-corrected chi connectivity index (χ3v) is 4.18. The van der Waals surface area contributed by atoms with Crippen LogP contribution >= 0.6 is 15.9 Å². The molecule has 5 heteroatoms. The first-order valence-electron chi connectivity index (χ1n) is 7.70. The Kier molecular flexibility index (Phi) is 8.82. The Morgan fingerprint density at radius 3 is 2.50 bits per heavy atom. The normalized spacial score (nSPS) is 10.3. The molecule has 0 saturated carbocycles. The molecule has 0 bridgehead atoms. The molecular weight excluding hydrogens is 346 g/mol. The van der Waals surface area contributed by atoms with Crippen molar-refractivity contribution in [2.24, 2.45) is 0 Å². The van der Waals surface area contributed by atoms with Gasteiger partial charge in [0.1, 0.15) is 0 Å². The summed E-state index contributed by atoms with van der Waals surface area (Å²) in [4.78, 5) is 25.8. The second-order valence-electron chi connectivity index (χ2n) is 5.16. The van der Waals surface area contributed by atoms with Crippen LogP contribution in [0.1, 0.15) is 49.4 Å². The number of halogens is 1. The number of rotatable bonds is 9. The van der Waals surface area contributed by atoms with Gasteiger partial charge < -0.3 is 9.64 Å².